The Morgan fingerprint density at radius 2 is 1.70 bits per heavy atom. The number of ketones is 1. The molecular weight excluding hydrogens is 370 g/mol. The molecule has 1 aromatic carbocycles. The Morgan fingerprint density at radius 3 is 2.22 bits per heavy atom. The number of carbonyl (C=O) groups excluding carboxylic acids is 2. The van der Waals surface area contributed by atoms with Gasteiger partial charge in [0.25, 0.3) is 5.91 Å². The Morgan fingerprint density at radius 1 is 1.07 bits per heavy atom. The molecule has 1 saturated heterocycles. The lowest BCUT2D eigenvalue weighted by Crippen LogP contribution is -2.50. The number of hydrogen-bond donors (Lipinski definition) is 1. The summed E-state index contributed by atoms with van der Waals surface area (Å²) in [6.45, 7) is 2.41. The van der Waals surface area contributed by atoms with Crippen LogP contribution in [0.3, 0.4) is 0 Å². The fourth-order valence-electron chi connectivity index (χ4n) is 2.92. The predicted octanol–water partition coefficient (Wildman–Crippen LogP) is 1.37. The highest BCUT2D eigenvalue weighted by molar-refractivity contribution is 7.89. The van der Waals surface area contributed by atoms with E-state index in [1.807, 2.05) is 0 Å². The third-order valence-corrected chi connectivity index (χ3v) is 6.46. The number of methoxy groups -OCH3 is 1. The number of hydrogen-bond acceptors (Lipinski definition) is 5. The summed E-state index contributed by atoms with van der Waals surface area (Å²) in [6, 6.07) is 7.74. The van der Waals surface area contributed by atoms with Gasteiger partial charge in [0.15, 0.2) is 5.78 Å². The van der Waals surface area contributed by atoms with Gasteiger partial charge < -0.3 is 14.6 Å². The molecule has 0 aliphatic carbocycles. The normalized spacial score (nSPS) is 15.6. The lowest BCUT2D eigenvalue weighted by Gasteiger charge is -2.33. The topological polar surface area (TPSA) is 99.8 Å². The van der Waals surface area contributed by atoms with Gasteiger partial charge in [-0.2, -0.15) is 4.31 Å². The van der Waals surface area contributed by atoms with Crippen LogP contribution >= 0.6 is 0 Å². The van der Waals surface area contributed by atoms with Gasteiger partial charge in [-0.15, -0.1) is 0 Å². The number of piperazine rings is 1. The summed E-state index contributed by atoms with van der Waals surface area (Å²) in [6.07, 6.45) is 1.50. The largest absolute Gasteiger partial charge is 0.497 e. The first-order valence-corrected chi connectivity index (χ1v) is 9.90. The van der Waals surface area contributed by atoms with Crippen molar-refractivity contribution in [1.82, 2.24) is 14.2 Å². The number of aromatic amines is 1. The van der Waals surface area contributed by atoms with Crippen LogP contribution < -0.4 is 4.74 Å². The number of sulfonamides is 1. The van der Waals surface area contributed by atoms with Crippen molar-refractivity contribution in [3.05, 3.63) is 47.8 Å². The van der Waals surface area contributed by atoms with E-state index in [1.54, 1.807) is 17.0 Å². The fraction of sp³-hybridized carbons (Fsp3) is 0.333. The van der Waals surface area contributed by atoms with E-state index in [0.29, 0.717) is 17.0 Å². The molecule has 3 rings (SSSR count). The number of H-pyrrole nitrogens is 1. The Hall–Kier alpha value is -2.65. The highest BCUT2D eigenvalue weighted by Crippen LogP contribution is 2.21. The molecule has 0 radical (unpaired) electrons. The van der Waals surface area contributed by atoms with Crippen LogP contribution in [0.25, 0.3) is 0 Å². The maximum absolute atomic E-state index is 12.7. The van der Waals surface area contributed by atoms with Crippen LogP contribution in [0.1, 0.15) is 27.8 Å². The van der Waals surface area contributed by atoms with E-state index in [2.05, 4.69) is 4.98 Å². The molecule has 1 fully saturated rings. The first kappa shape index (κ1) is 19.1. The number of ether oxygens (including phenoxy) is 1. The van der Waals surface area contributed by atoms with Gasteiger partial charge in [0.2, 0.25) is 10.0 Å². The van der Waals surface area contributed by atoms with Crippen molar-refractivity contribution in [3.63, 3.8) is 0 Å². The lowest BCUT2D eigenvalue weighted by atomic mass is 10.2. The van der Waals surface area contributed by atoms with Crippen molar-refractivity contribution in [2.75, 3.05) is 33.3 Å². The summed E-state index contributed by atoms with van der Waals surface area (Å²) in [7, 11) is -2.10. The van der Waals surface area contributed by atoms with E-state index in [0.717, 1.165) is 0 Å². The molecule has 27 heavy (non-hydrogen) atoms. The quantitative estimate of drug-likeness (QED) is 0.776. The Labute approximate surface area is 157 Å². The summed E-state index contributed by atoms with van der Waals surface area (Å²) in [5.74, 6) is 0.213. The molecular formula is C18H21N3O5S. The molecule has 144 valence electrons. The van der Waals surface area contributed by atoms with Crippen LogP contribution in [-0.2, 0) is 10.0 Å². The third kappa shape index (κ3) is 3.88. The number of Topliss-reactive ketones (excluding diaryl/α,β-unsaturated/α-hetero) is 1. The van der Waals surface area contributed by atoms with Crippen LogP contribution in [0.15, 0.2) is 41.4 Å². The predicted molar refractivity (Wildman–Crippen MR) is 98.5 cm³/mol. The summed E-state index contributed by atoms with van der Waals surface area (Å²) >= 11 is 0. The highest BCUT2D eigenvalue weighted by Gasteiger charge is 2.30. The Kier molecular flexibility index (Phi) is 5.33. The van der Waals surface area contributed by atoms with Crippen molar-refractivity contribution >= 4 is 21.7 Å². The van der Waals surface area contributed by atoms with Crippen molar-refractivity contribution in [1.29, 1.82) is 0 Å². The number of nitrogens with one attached hydrogen (secondary N) is 1. The molecule has 2 heterocycles. The molecule has 9 heteroatoms. The molecule has 1 N–H and O–H groups in total. The summed E-state index contributed by atoms with van der Waals surface area (Å²) in [5, 5.41) is 0. The van der Waals surface area contributed by atoms with E-state index in [9.17, 15) is 18.0 Å². The van der Waals surface area contributed by atoms with Gasteiger partial charge in [-0.1, -0.05) is 0 Å². The number of amides is 1. The molecule has 1 aliphatic rings. The SMILES string of the molecule is COc1ccc(S(=O)(=O)N2CCN(C(=O)c3cc(C(C)=O)c[nH]3)CC2)cc1. The van der Waals surface area contributed by atoms with Gasteiger partial charge in [-0.3, -0.25) is 9.59 Å². The molecule has 0 spiro atoms. The van der Waals surface area contributed by atoms with Gasteiger partial charge in [0, 0.05) is 37.9 Å². The molecule has 1 aliphatic heterocycles. The number of benzene rings is 1. The van der Waals surface area contributed by atoms with Gasteiger partial charge in [-0.25, -0.2) is 8.42 Å². The monoisotopic (exact) mass is 391 g/mol. The molecule has 0 saturated carbocycles. The Balaban J connectivity index is 1.66. The minimum absolute atomic E-state index is 0.124. The average molecular weight is 391 g/mol. The van der Waals surface area contributed by atoms with E-state index in [-0.39, 0.29) is 42.8 Å². The second-order valence-electron chi connectivity index (χ2n) is 6.23. The number of aromatic nitrogens is 1. The second kappa shape index (κ2) is 7.53. The van der Waals surface area contributed by atoms with E-state index in [4.69, 9.17) is 4.74 Å². The van der Waals surface area contributed by atoms with Crippen molar-refractivity contribution < 1.29 is 22.7 Å². The van der Waals surface area contributed by atoms with Crippen LogP contribution in [0.4, 0.5) is 0 Å². The van der Waals surface area contributed by atoms with E-state index >= 15 is 0 Å². The minimum atomic E-state index is -3.62. The van der Waals surface area contributed by atoms with Crippen LogP contribution in [0.2, 0.25) is 0 Å². The summed E-state index contributed by atoms with van der Waals surface area (Å²) in [4.78, 5) is 28.5. The zero-order valence-electron chi connectivity index (χ0n) is 15.1. The number of nitrogens with zero attached hydrogens (tertiary/aromatic N) is 2. The zero-order chi connectivity index (χ0) is 19.6. The van der Waals surface area contributed by atoms with Gasteiger partial charge >= 0.3 is 0 Å². The van der Waals surface area contributed by atoms with Crippen molar-refractivity contribution in [2.24, 2.45) is 0 Å². The maximum atomic E-state index is 12.7. The smallest absolute Gasteiger partial charge is 0.270 e. The van der Waals surface area contributed by atoms with Gasteiger partial charge in [-0.05, 0) is 37.3 Å². The molecule has 0 bridgehead atoms. The second-order valence-corrected chi connectivity index (χ2v) is 8.17. The van der Waals surface area contributed by atoms with Crippen LogP contribution in [0.5, 0.6) is 5.75 Å². The molecule has 0 unspecified atom stereocenters. The van der Waals surface area contributed by atoms with Gasteiger partial charge in [0.1, 0.15) is 11.4 Å². The zero-order valence-corrected chi connectivity index (χ0v) is 16.0. The van der Waals surface area contributed by atoms with Crippen LogP contribution in [0, 0.1) is 0 Å². The van der Waals surface area contributed by atoms with Crippen molar-refractivity contribution in [3.8, 4) is 5.75 Å². The van der Waals surface area contributed by atoms with E-state index in [1.165, 1.54) is 42.7 Å². The first-order chi connectivity index (χ1) is 12.8. The average Bonchev–Trinajstić information content (AvgIpc) is 3.18. The number of carbonyl (C=O) groups is 2. The first-order valence-electron chi connectivity index (χ1n) is 8.46. The fourth-order valence-corrected chi connectivity index (χ4v) is 4.34. The van der Waals surface area contributed by atoms with Crippen molar-refractivity contribution in [2.45, 2.75) is 11.8 Å². The molecule has 0 atom stereocenters. The van der Waals surface area contributed by atoms with Crippen LogP contribution in [-0.4, -0.2) is 67.6 Å². The van der Waals surface area contributed by atoms with E-state index < -0.39 is 10.0 Å². The Bertz CT molecular complexity index is 942. The number of rotatable bonds is 5. The standard InChI is InChI=1S/C18H21N3O5S/c1-13(22)14-11-17(19-12-14)18(23)20-7-9-21(10-8-20)27(24,25)16-5-3-15(26-2)4-6-16/h3-6,11-12,19H,7-10H2,1-2H3. The minimum Gasteiger partial charge on any atom is -0.497 e. The third-order valence-electron chi connectivity index (χ3n) is 4.54. The molecule has 1 aromatic heterocycles. The van der Waals surface area contributed by atoms with Gasteiger partial charge in [0.05, 0.1) is 12.0 Å². The summed E-state index contributed by atoms with van der Waals surface area (Å²) < 4.78 is 31.9. The summed E-state index contributed by atoms with van der Waals surface area (Å²) in [5.41, 5.74) is 0.769. The highest BCUT2D eigenvalue weighted by atomic mass is 32.2. The lowest BCUT2D eigenvalue weighted by molar-refractivity contribution is 0.0692. The molecule has 1 amide bonds. The molecule has 8 nitrogen and oxygen atoms in total. The maximum Gasteiger partial charge on any atom is 0.270 e. The molecule has 2 aromatic rings.